The number of halogens is 1. The predicted octanol–water partition coefficient (Wildman–Crippen LogP) is 2.31. The van der Waals surface area contributed by atoms with Crippen LogP contribution in [0.2, 0.25) is 0 Å². The van der Waals surface area contributed by atoms with Crippen molar-refractivity contribution in [2.45, 2.75) is 5.12 Å². The van der Waals surface area contributed by atoms with Gasteiger partial charge in [0.15, 0.2) is 6.29 Å². The van der Waals surface area contributed by atoms with Crippen molar-refractivity contribution in [2.24, 2.45) is 10.2 Å². The maximum atomic E-state index is 10.6. The molecule has 3 nitrogen and oxygen atoms in total. The molecule has 1 aromatic rings. The van der Waals surface area contributed by atoms with E-state index in [2.05, 4.69) is 10.2 Å². The molecule has 0 saturated carbocycles. The minimum atomic E-state index is -0.975. The Morgan fingerprint density at radius 3 is 2.58 bits per heavy atom. The molecule has 0 aromatic heterocycles. The molecule has 0 amide bonds. The van der Waals surface area contributed by atoms with Gasteiger partial charge in [-0.05, 0) is 0 Å². The van der Waals surface area contributed by atoms with Gasteiger partial charge in [-0.15, -0.1) is 10.2 Å². The van der Waals surface area contributed by atoms with Gasteiger partial charge in [0.2, 0.25) is 0 Å². The smallest absolute Gasteiger partial charge is 0.289 e. The molecule has 1 heterocycles. The Kier molecular flexibility index (Phi) is 1.48. The van der Waals surface area contributed by atoms with Crippen LogP contribution in [0.25, 0.3) is 0 Å². The van der Waals surface area contributed by atoms with Crippen LogP contribution in [0.3, 0.4) is 0 Å². The molecule has 0 radical (unpaired) electrons. The molecule has 0 N–H and O–H groups in total. The zero-order valence-corrected chi connectivity index (χ0v) is 6.82. The van der Waals surface area contributed by atoms with E-state index < -0.39 is 5.12 Å². The van der Waals surface area contributed by atoms with Crippen LogP contribution in [0.1, 0.15) is 15.9 Å². The molecule has 60 valence electrons. The second kappa shape index (κ2) is 2.38. The topological polar surface area (TPSA) is 41.8 Å². The number of carbonyl (C=O) groups is 1. The van der Waals surface area contributed by atoms with Gasteiger partial charge in [0.1, 0.15) is 0 Å². The summed E-state index contributed by atoms with van der Waals surface area (Å²) in [4.78, 5) is 10.6. The molecular formula is C8H5ClN2O. The Morgan fingerprint density at radius 1 is 1.33 bits per heavy atom. The quantitative estimate of drug-likeness (QED) is 0.391. The first-order valence-electron chi connectivity index (χ1n) is 3.44. The number of carbonyl (C=O) groups excluding carboxylic acids is 1. The maximum absolute atomic E-state index is 10.6. The lowest BCUT2D eigenvalue weighted by Gasteiger charge is -2.03. The van der Waals surface area contributed by atoms with Crippen LogP contribution in [-0.2, 0) is 5.12 Å². The fourth-order valence-corrected chi connectivity index (χ4v) is 1.25. The first-order chi connectivity index (χ1) is 5.76. The summed E-state index contributed by atoms with van der Waals surface area (Å²) in [5.74, 6) is 0. The molecule has 0 fully saturated rings. The highest BCUT2D eigenvalue weighted by atomic mass is 35.5. The summed E-state index contributed by atoms with van der Waals surface area (Å²) < 4.78 is 0. The molecule has 0 bridgehead atoms. The van der Waals surface area contributed by atoms with Gasteiger partial charge < -0.3 is 0 Å². The Balaban J connectivity index is 2.49. The summed E-state index contributed by atoms with van der Waals surface area (Å²) >= 11 is 5.86. The van der Waals surface area contributed by atoms with Crippen LogP contribution in [0.5, 0.6) is 0 Å². The second-order valence-corrected chi connectivity index (χ2v) is 3.02. The number of hydrogen-bond acceptors (Lipinski definition) is 3. The molecule has 0 spiro atoms. The zero-order valence-electron chi connectivity index (χ0n) is 6.07. The molecule has 1 aliphatic rings. The lowest BCUT2D eigenvalue weighted by molar-refractivity contribution is 0.112. The van der Waals surface area contributed by atoms with Gasteiger partial charge in [-0.25, -0.2) is 0 Å². The summed E-state index contributed by atoms with van der Waals surface area (Å²) in [5, 5.41) is 6.31. The lowest BCUT2D eigenvalue weighted by atomic mass is 10.1. The fourth-order valence-electron chi connectivity index (χ4n) is 1.04. The molecular weight excluding hydrogens is 176 g/mol. The van der Waals surface area contributed by atoms with Crippen molar-refractivity contribution in [3.8, 4) is 0 Å². The monoisotopic (exact) mass is 180 g/mol. The van der Waals surface area contributed by atoms with Crippen molar-refractivity contribution in [1.82, 2.24) is 0 Å². The van der Waals surface area contributed by atoms with Crippen molar-refractivity contribution >= 4 is 17.9 Å². The zero-order chi connectivity index (χ0) is 8.60. The average molecular weight is 181 g/mol. The number of aldehydes is 1. The van der Waals surface area contributed by atoms with Gasteiger partial charge in [-0.3, -0.25) is 4.79 Å². The lowest BCUT2D eigenvalue weighted by Crippen LogP contribution is -2.02. The van der Waals surface area contributed by atoms with E-state index in [9.17, 15) is 4.79 Å². The average Bonchev–Trinajstić information content (AvgIpc) is 2.85. The third-order valence-corrected chi connectivity index (χ3v) is 2.06. The van der Waals surface area contributed by atoms with E-state index in [4.69, 9.17) is 11.6 Å². The van der Waals surface area contributed by atoms with E-state index in [1.54, 1.807) is 24.3 Å². The second-order valence-electron chi connectivity index (χ2n) is 2.49. The van der Waals surface area contributed by atoms with Crippen molar-refractivity contribution < 1.29 is 4.79 Å². The number of nitrogens with zero attached hydrogens (tertiary/aromatic N) is 2. The first kappa shape index (κ1) is 7.43. The molecule has 0 unspecified atom stereocenters. The third kappa shape index (κ3) is 1.02. The molecule has 0 aliphatic carbocycles. The van der Waals surface area contributed by atoms with E-state index in [-0.39, 0.29) is 0 Å². The van der Waals surface area contributed by atoms with Gasteiger partial charge in [0.05, 0.1) is 0 Å². The highest BCUT2D eigenvalue weighted by molar-refractivity contribution is 6.25. The van der Waals surface area contributed by atoms with Gasteiger partial charge in [-0.1, -0.05) is 35.9 Å². The maximum Gasteiger partial charge on any atom is 0.289 e. The molecule has 1 aromatic carbocycles. The molecule has 0 saturated heterocycles. The highest BCUT2D eigenvalue weighted by Gasteiger charge is 2.41. The number of alkyl halides is 1. The summed E-state index contributed by atoms with van der Waals surface area (Å²) in [6.45, 7) is 0. The van der Waals surface area contributed by atoms with Gasteiger partial charge in [0, 0.05) is 11.1 Å². The summed E-state index contributed by atoms with van der Waals surface area (Å²) in [6.07, 6.45) is 0.753. The van der Waals surface area contributed by atoms with Crippen molar-refractivity contribution in [2.75, 3.05) is 0 Å². The van der Waals surface area contributed by atoms with Gasteiger partial charge in [-0.2, -0.15) is 0 Å². The minimum Gasteiger partial charge on any atom is -0.298 e. The van der Waals surface area contributed by atoms with Crippen LogP contribution < -0.4 is 0 Å². The van der Waals surface area contributed by atoms with E-state index in [1.165, 1.54) is 0 Å². The molecule has 0 atom stereocenters. The van der Waals surface area contributed by atoms with Crippen LogP contribution in [-0.4, -0.2) is 6.29 Å². The van der Waals surface area contributed by atoms with Crippen LogP contribution in [0.15, 0.2) is 34.5 Å². The number of benzene rings is 1. The third-order valence-electron chi connectivity index (χ3n) is 1.71. The molecule has 2 rings (SSSR count). The first-order valence-corrected chi connectivity index (χ1v) is 3.82. The SMILES string of the molecule is O=Cc1ccccc1C1(Cl)N=N1. The van der Waals surface area contributed by atoms with Crippen molar-refractivity contribution in [3.63, 3.8) is 0 Å². The molecule has 12 heavy (non-hydrogen) atoms. The van der Waals surface area contributed by atoms with Crippen molar-refractivity contribution in [3.05, 3.63) is 35.4 Å². The largest absolute Gasteiger partial charge is 0.298 e. The van der Waals surface area contributed by atoms with E-state index in [0.717, 1.165) is 6.29 Å². The fraction of sp³-hybridized carbons (Fsp3) is 0.125. The Bertz CT molecular complexity index is 356. The van der Waals surface area contributed by atoms with Crippen LogP contribution >= 0.6 is 11.6 Å². The van der Waals surface area contributed by atoms with E-state index >= 15 is 0 Å². The number of rotatable bonds is 2. The van der Waals surface area contributed by atoms with Gasteiger partial charge in [0.25, 0.3) is 5.12 Å². The normalized spacial score (nSPS) is 17.4. The van der Waals surface area contributed by atoms with Crippen molar-refractivity contribution in [1.29, 1.82) is 0 Å². The summed E-state index contributed by atoms with van der Waals surface area (Å²) in [7, 11) is 0. The Labute approximate surface area is 74.1 Å². The Hall–Kier alpha value is -1.22. The molecule has 1 aliphatic heterocycles. The van der Waals surface area contributed by atoms with E-state index in [1.807, 2.05) is 0 Å². The predicted molar refractivity (Wildman–Crippen MR) is 44.2 cm³/mol. The minimum absolute atomic E-state index is 0.539. The summed E-state index contributed by atoms with van der Waals surface area (Å²) in [5.41, 5.74) is 1.19. The van der Waals surface area contributed by atoms with E-state index in [0.29, 0.717) is 11.1 Å². The van der Waals surface area contributed by atoms with Gasteiger partial charge >= 0.3 is 0 Å². The van der Waals surface area contributed by atoms with Crippen LogP contribution in [0, 0.1) is 0 Å². The molecule has 4 heteroatoms. The highest BCUT2D eigenvalue weighted by Crippen LogP contribution is 2.44. The van der Waals surface area contributed by atoms with Crippen LogP contribution in [0.4, 0.5) is 0 Å². The number of hydrogen-bond donors (Lipinski definition) is 0. The standard InChI is InChI=1S/C8H5ClN2O/c9-8(10-11-8)7-4-2-1-3-6(7)5-12/h1-5H. The summed E-state index contributed by atoms with van der Waals surface area (Å²) in [6, 6.07) is 7.01. The Morgan fingerprint density at radius 2 is 2.00 bits per heavy atom.